The molecule has 1 aliphatic rings. The first kappa shape index (κ1) is 26.2. The minimum absolute atomic E-state index is 0.00800. The summed E-state index contributed by atoms with van der Waals surface area (Å²) >= 11 is 4.66. The van der Waals surface area contributed by atoms with Crippen LogP contribution < -0.4 is 4.90 Å². The number of nitriles is 2. The van der Waals surface area contributed by atoms with Gasteiger partial charge < -0.3 is 4.90 Å². The van der Waals surface area contributed by atoms with Crippen molar-refractivity contribution in [3.05, 3.63) is 114 Å². The van der Waals surface area contributed by atoms with Crippen molar-refractivity contribution in [2.75, 3.05) is 4.90 Å². The van der Waals surface area contributed by atoms with Crippen molar-refractivity contribution >= 4 is 68.3 Å². The SMILES string of the molecule is CC1(C)CC(/C=C/c2ccc(N(c3ccc(I)cc3)c3ccc(I)cc3)cc2)=CC(=C(C#N)C#N)C1. The van der Waals surface area contributed by atoms with E-state index in [-0.39, 0.29) is 11.0 Å². The number of allylic oxidation sites excluding steroid dienone is 5. The third-order valence-electron chi connectivity index (χ3n) is 6.07. The van der Waals surface area contributed by atoms with Gasteiger partial charge >= 0.3 is 0 Å². The van der Waals surface area contributed by atoms with E-state index in [4.69, 9.17) is 0 Å². The van der Waals surface area contributed by atoms with E-state index >= 15 is 0 Å². The van der Waals surface area contributed by atoms with Crippen molar-refractivity contribution in [3.8, 4) is 12.1 Å². The molecule has 3 nitrogen and oxygen atoms in total. The minimum atomic E-state index is 0.00800. The molecule has 0 bridgehead atoms. The molecule has 3 aromatic rings. The fraction of sp³-hybridized carbons (Fsp3) is 0.161. The fourth-order valence-electron chi connectivity index (χ4n) is 4.46. The third kappa shape index (κ3) is 6.46. The van der Waals surface area contributed by atoms with Crippen LogP contribution in [0.2, 0.25) is 0 Å². The van der Waals surface area contributed by atoms with Crippen molar-refractivity contribution < 1.29 is 0 Å². The molecule has 36 heavy (non-hydrogen) atoms. The Kier molecular flexibility index (Phi) is 8.33. The quantitative estimate of drug-likeness (QED) is 0.198. The van der Waals surface area contributed by atoms with E-state index in [9.17, 15) is 10.5 Å². The molecule has 0 saturated carbocycles. The molecule has 1 aliphatic carbocycles. The maximum Gasteiger partial charge on any atom is 0.132 e. The van der Waals surface area contributed by atoms with Gasteiger partial charge in [0, 0.05) is 24.2 Å². The normalized spacial score (nSPS) is 14.6. The zero-order chi connectivity index (χ0) is 25.7. The summed E-state index contributed by atoms with van der Waals surface area (Å²) in [7, 11) is 0. The standard InChI is InChI=1S/C31H25I2N3/c1-31(2)18-23(17-24(19-31)25(20-34)21-35)4-3-22-5-11-28(12-6-22)36(29-13-7-26(32)8-14-29)30-15-9-27(33)10-16-30/h3-17H,18-19H2,1-2H3/b4-3+. The summed E-state index contributed by atoms with van der Waals surface area (Å²) in [5.41, 5.74) is 6.59. The summed E-state index contributed by atoms with van der Waals surface area (Å²) in [4.78, 5) is 2.26. The van der Waals surface area contributed by atoms with Gasteiger partial charge in [-0.15, -0.1) is 0 Å². The Morgan fingerprint density at radius 2 is 1.22 bits per heavy atom. The number of rotatable bonds is 5. The number of hydrogen-bond donors (Lipinski definition) is 0. The lowest BCUT2D eigenvalue weighted by atomic mass is 9.74. The van der Waals surface area contributed by atoms with Crippen LogP contribution in [0.3, 0.4) is 0 Å². The summed E-state index contributed by atoms with van der Waals surface area (Å²) in [5.74, 6) is 0. The molecule has 0 heterocycles. The lowest BCUT2D eigenvalue weighted by Gasteiger charge is -2.30. The second-order valence-electron chi connectivity index (χ2n) is 9.57. The average molecular weight is 693 g/mol. The van der Waals surface area contributed by atoms with E-state index < -0.39 is 0 Å². The number of nitrogens with zero attached hydrogens (tertiary/aromatic N) is 3. The Morgan fingerprint density at radius 1 is 0.750 bits per heavy atom. The van der Waals surface area contributed by atoms with Crippen molar-refractivity contribution in [3.63, 3.8) is 0 Å². The molecule has 3 aromatic carbocycles. The van der Waals surface area contributed by atoms with Gasteiger partial charge in [0.2, 0.25) is 0 Å². The van der Waals surface area contributed by atoms with Gasteiger partial charge in [-0.25, -0.2) is 0 Å². The summed E-state index contributed by atoms with van der Waals surface area (Å²) in [6.45, 7) is 4.36. The molecule has 0 N–H and O–H groups in total. The Balaban J connectivity index is 1.63. The second-order valence-corrected chi connectivity index (χ2v) is 12.1. The van der Waals surface area contributed by atoms with Crippen molar-refractivity contribution in [2.24, 2.45) is 5.41 Å². The number of hydrogen-bond acceptors (Lipinski definition) is 3. The van der Waals surface area contributed by atoms with Crippen molar-refractivity contribution in [1.29, 1.82) is 10.5 Å². The zero-order valence-corrected chi connectivity index (χ0v) is 24.5. The largest absolute Gasteiger partial charge is 0.311 e. The summed E-state index contributed by atoms with van der Waals surface area (Å²) < 4.78 is 2.41. The van der Waals surface area contributed by atoms with Crippen molar-refractivity contribution in [2.45, 2.75) is 26.7 Å². The molecule has 0 spiro atoms. The van der Waals surface area contributed by atoms with Gasteiger partial charge in [-0.2, -0.15) is 10.5 Å². The number of halogens is 2. The molecule has 178 valence electrons. The summed E-state index contributed by atoms with van der Waals surface area (Å²) in [6, 6.07) is 29.7. The minimum Gasteiger partial charge on any atom is -0.311 e. The predicted molar refractivity (Wildman–Crippen MR) is 165 cm³/mol. The van der Waals surface area contributed by atoms with Crippen molar-refractivity contribution in [1.82, 2.24) is 0 Å². The highest BCUT2D eigenvalue weighted by Crippen LogP contribution is 2.40. The first-order valence-electron chi connectivity index (χ1n) is 11.6. The Labute approximate surface area is 240 Å². The molecule has 0 aliphatic heterocycles. The van der Waals surface area contributed by atoms with E-state index in [0.717, 1.165) is 46.6 Å². The maximum absolute atomic E-state index is 9.32. The van der Waals surface area contributed by atoms with Crippen LogP contribution in [-0.2, 0) is 0 Å². The molecule has 0 aromatic heterocycles. The van der Waals surface area contributed by atoms with E-state index in [0.29, 0.717) is 0 Å². The first-order valence-corrected chi connectivity index (χ1v) is 13.8. The van der Waals surface area contributed by atoms with Gasteiger partial charge in [0.1, 0.15) is 17.7 Å². The molecule has 0 radical (unpaired) electrons. The Bertz CT molecular complexity index is 1350. The van der Waals surface area contributed by atoms with E-state index in [2.05, 4.69) is 149 Å². The zero-order valence-electron chi connectivity index (χ0n) is 20.2. The van der Waals surface area contributed by atoms with Crippen LogP contribution in [0.15, 0.2) is 102 Å². The van der Waals surface area contributed by atoms with Gasteiger partial charge in [0.15, 0.2) is 0 Å². The fourth-order valence-corrected chi connectivity index (χ4v) is 5.18. The molecule has 0 saturated heterocycles. The molecule has 0 amide bonds. The van der Waals surface area contributed by atoms with E-state index in [1.165, 1.54) is 7.14 Å². The number of anilines is 3. The average Bonchev–Trinajstić information content (AvgIpc) is 2.86. The predicted octanol–water partition coefficient (Wildman–Crippen LogP) is 9.47. The molecular formula is C31H25I2N3. The van der Waals surface area contributed by atoms with Crippen LogP contribution in [0.25, 0.3) is 6.08 Å². The van der Waals surface area contributed by atoms with Crippen LogP contribution in [0.1, 0.15) is 32.3 Å². The monoisotopic (exact) mass is 693 g/mol. The second kappa shape index (κ2) is 11.5. The molecule has 0 fully saturated rings. The van der Waals surface area contributed by atoms with Crippen LogP contribution in [0.5, 0.6) is 0 Å². The van der Waals surface area contributed by atoms with E-state index in [1.54, 1.807) is 0 Å². The highest BCUT2D eigenvalue weighted by Gasteiger charge is 2.26. The lowest BCUT2D eigenvalue weighted by molar-refractivity contribution is 0.354. The molecule has 0 atom stereocenters. The third-order valence-corrected chi connectivity index (χ3v) is 7.51. The topological polar surface area (TPSA) is 50.8 Å². The van der Waals surface area contributed by atoms with Gasteiger partial charge in [0.25, 0.3) is 0 Å². The Morgan fingerprint density at radius 3 is 1.69 bits per heavy atom. The van der Waals surface area contributed by atoms with E-state index in [1.807, 2.05) is 18.2 Å². The molecule has 4 rings (SSSR count). The van der Waals surface area contributed by atoms with Crippen LogP contribution in [0, 0.1) is 35.2 Å². The maximum atomic E-state index is 9.32. The summed E-state index contributed by atoms with van der Waals surface area (Å²) in [6.07, 6.45) is 7.86. The highest BCUT2D eigenvalue weighted by atomic mass is 127. The summed E-state index contributed by atoms with van der Waals surface area (Å²) in [5, 5.41) is 18.6. The highest BCUT2D eigenvalue weighted by molar-refractivity contribution is 14.1. The van der Waals surface area contributed by atoms with Crippen LogP contribution >= 0.6 is 45.2 Å². The Hall–Kier alpha value is -2.88. The smallest absolute Gasteiger partial charge is 0.132 e. The molecule has 5 heteroatoms. The van der Waals surface area contributed by atoms with Gasteiger partial charge in [0.05, 0.1) is 0 Å². The van der Waals surface area contributed by atoms with Crippen LogP contribution in [0.4, 0.5) is 17.1 Å². The van der Waals surface area contributed by atoms with Crippen LogP contribution in [-0.4, -0.2) is 0 Å². The molecule has 0 unspecified atom stereocenters. The first-order chi connectivity index (χ1) is 17.3. The number of benzene rings is 3. The molecular weight excluding hydrogens is 668 g/mol. The van der Waals surface area contributed by atoms with Gasteiger partial charge in [-0.1, -0.05) is 44.2 Å². The van der Waals surface area contributed by atoms with Gasteiger partial charge in [-0.05, 0) is 141 Å². The lowest BCUT2D eigenvalue weighted by Crippen LogP contribution is -2.17. The van der Waals surface area contributed by atoms with Gasteiger partial charge in [-0.3, -0.25) is 0 Å².